The van der Waals surface area contributed by atoms with E-state index < -0.39 is 12.3 Å². The fourth-order valence-electron chi connectivity index (χ4n) is 3.54. The third-order valence-corrected chi connectivity index (χ3v) is 5.79. The van der Waals surface area contributed by atoms with Gasteiger partial charge in [0.2, 0.25) is 5.79 Å². The first-order valence-electron chi connectivity index (χ1n) is 8.89. The largest absolute Gasteiger partial charge is 0.428 e. The van der Waals surface area contributed by atoms with Crippen molar-refractivity contribution in [2.75, 3.05) is 13.2 Å². The Morgan fingerprint density at radius 2 is 1.85 bits per heavy atom. The summed E-state index contributed by atoms with van der Waals surface area (Å²) in [5, 5.41) is 0. The predicted octanol–water partition coefficient (Wildman–Crippen LogP) is 4.27. The highest BCUT2D eigenvalue weighted by Crippen LogP contribution is 2.57. The summed E-state index contributed by atoms with van der Waals surface area (Å²) in [6.45, 7) is 4.50. The minimum Gasteiger partial charge on any atom is -0.428 e. The van der Waals surface area contributed by atoms with Crippen LogP contribution in [0.15, 0.2) is 46.2 Å². The van der Waals surface area contributed by atoms with Crippen LogP contribution in [0, 0.1) is 0 Å². The highest BCUT2D eigenvalue weighted by molar-refractivity contribution is 7.99. The van der Waals surface area contributed by atoms with E-state index in [0.29, 0.717) is 24.7 Å². The van der Waals surface area contributed by atoms with Gasteiger partial charge >= 0.3 is 6.48 Å². The van der Waals surface area contributed by atoms with Gasteiger partial charge in [0, 0.05) is 16.0 Å². The van der Waals surface area contributed by atoms with E-state index in [2.05, 4.69) is 12.1 Å². The molecule has 2 aromatic rings. The van der Waals surface area contributed by atoms with Crippen LogP contribution in [0.1, 0.15) is 31.4 Å². The van der Waals surface area contributed by atoms with E-state index >= 15 is 0 Å². The van der Waals surface area contributed by atoms with Gasteiger partial charge in [0.25, 0.3) is 0 Å². The van der Waals surface area contributed by atoms with Gasteiger partial charge in [-0.15, -0.1) is 0 Å². The zero-order valence-corrected chi connectivity index (χ0v) is 15.5. The van der Waals surface area contributed by atoms with Crippen molar-refractivity contribution >= 4 is 11.8 Å². The molecule has 3 heterocycles. The van der Waals surface area contributed by atoms with E-state index in [1.54, 1.807) is 11.8 Å². The number of hydrogen-bond donors (Lipinski definition) is 0. The van der Waals surface area contributed by atoms with Crippen LogP contribution in [0.2, 0.25) is 0 Å². The average Bonchev–Trinajstić information content (AvgIpc) is 3.05. The molecule has 3 aliphatic heterocycles. The van der Waals surface area contributed by atoms with E-state index in [1.807, 2.05) is 38.1 Å². The Balaban J connectivity index is 1.63. The number of benzene rings is 2. The summed E-state index contributed by atoms with van der Waals surface area (Å²) in [6.07, 6.45) is 0.899. The maximum atomic E-state index is 6.25. The lowest BCUT2D eigenvalue weighted by Gasteiger charge is -2.42. The summed E-state index contributed by atoms with van der Waals surface area (Å²) in [4.78, 5) is 2.07. The Labute approximate surface area is 156 Å². The molecule has 3 aliphatic rings. The topological polar surface area (TPSA) is 46.2 Å². The van der Waals surface area contributed by atoms with E-state index in [0.717, 1.165) is 27.3 Å². The molecule has 1 atom stereocenters. The second-order valence-corrected chi connectivity index (χ2v) is 7.80. The maximum absolute atomic E-state index is 6.25. The van der Waals surface area contributed by atoms with Crippen LogP contribution in [0.5, 0.6) is 11.5 Å². The van der Waals surface area contributed by atoms with Crippen molar-refractivity contribution in [3.05, 3.63) is 47.5 Å². The molecule has 0 bridgehead atoms. The fraction of sp³-hybridized carbons (Fsp3) is 0.400. The Hall–Kier alpha value is -1.73. The molecule has 2 aromatic carbocycles. The number of fused-ring (bicyclic) bond motifs is 6. The van der Waals surface area contributed by atoms with E-state index in [-0.39, 0.29) is 6.10 Å². The summed E-state index contributed by atoms with van der Waals surface area (Å²) in [5.41, 5.74) is 2.01. The summed E-state index contributed by atoms with van der Waals surface area (Å²) >= 11 is 1.66. The number of rotatable bonds is 2. The minimum atomic E-state index is -0.884. The smallest absolute Gasteiger partial charge is 0.361 e. The zero-order chi connectivity index (χ0) is 17.7. The zero-order valence-electron chi connectivity index (χ0n) is 14.7. The van der Waals surface area contributed by atoms with Gasteiger partial charge in [-0.1, -0.05) is 30.0 Å². The molecule has 1 fully saturated rings. The summed E-state index contributed by atoms with van der Waals surface area (Å²) in [6, 6.07) is 12.1. The van der Waals surface area contributed by atoms with Crippen molar-refractivity contribution in [3.63, 3.8) is 0 Å². The third-order valence-electron chi connectivity index (χ3n) is 4.60. The first-order valence-corrected chi connectivity index (χ1v) is 9.70. The first kappa shape index (κ1) is 16.4. The molecule has 1 spiro atoms. The van der Waals surface area contributed by atoms with E-state index in [9.17, 15) is 0 Å². The normalized spacial score (nSPS) is 22.3. The van der Waals surface area contributed by atoms with Gasteiger partial charge in [0.1, 0.15) is 0 Å². The van der Waals surface area contributed by atoms with Crippen molar-refractivity contribution in [1.82, 2.24) is 0 Å². The standard InChI is InChI=1S/C20H20O5S/c1-12(2)23-19-24-15-9-8-14-18(17(15)25-19)26-16-7-4-3-6-13(16)20(14)21-10-5-11-22-20/h3-4,6-9,12,19H,5,10-11H2,1-2H3. The summed E-state index contributed by atoms with van der Waals surface area (Å²) < 4.78 is 30.0. The SMILES string of the molecule is CC(C)OC1Oc2ccc3c(c2O1)Sc1ccccc1C31OCCCO1. The predicted molar refractivity (Wildman–Crippen MR) is 95.6 cm³/mol. The van der Waals surface area contributed by atoms with Crippen LogP contribution in [0.4, 0.5) is 0 Å². The monoisotopic (exact) mass is 372 g/mol. The lowest BCUT2D eigenvalue weighted by atomic mass is 9.95. The van der Waals surface area contributed by atoms with Crippen LogP contribution >= 0.6 is 11.8 Å². The van der Waals surface area contributed by atoms with E-state index in [4.69, 9.17) is 23.7 Å². The molecule has 6 heteroatoms. The Bertz CT molecular complexity index is 844. The van der Waals surface area contributed by atoms with Crippen molar-refractivity contribution in [3.8, 4) is 11.5 Å². The molecular formula is C20H20O5S. The second-order valence-electron chi connectivity index (χ2n) is 6.74. The fourth-order valence-corrected chi connectivity index (χ4v) is 4.77. The Kier molecular flexibility index (Phi) is 3.90. The van der Waals surface area contributed by atoms with Crippen molar-refractivity contribution in [2.24, 2.45) is 0 Å². The number of hydrogen-bond acceptors (Lipinski definition) is 6. The lowest BCUT2D eigenvalue weighted by molar-refractivity contribution is -0.252. The van der Waals surface area contributed by atoms with Gasteiger partial charge in [-0.2, -0.15) is 0 Å². The van der Waals surface area contributed by atoms with E-state index in [1.165, 1.54) is 0 Å². The molecule has 1 saturated heterocycles. The molecule has 0 aliphatic carbocycles. The van der Waals surface area contributed by atoms with Gasteiger partial charge in [-0.05, 0) is 38.5 Å². The van der Waals surface area contributed by atoms with Gasteiger partial charge in [0.05, 0.1) is 24.2 Å². The minimum absolute atomic E-state index is 0.00914. The van der Waals surface area contributed by atoms with Crippen molar-refractivity contribution < 1.29 is 23.7 Å². The molecule has 0 radical (unpaired) electrons. The summed E-state index contributed by atoms with van der Waals surface area (Å²) in [5.74, 6) is 0.502. The molecule has 5 rings (SSSR count). The van der Waals surface area contributed by atoms with Crippen molar-refractivity contribution in [1.29, 1.82) is 0 Å². The molecule has 26 heavy (non-hydrogen) atoms. The molecular weight excluding hydrogens is 352 g/mol. The van der Waals surface area contributed by atoms with Gasteiger partial charge in [-0.3, -0.25) is 0 Å². The van der Waals surface area contributed by atoms with Gasteiger partial charge in [-0.25, -0.2) is 0 Å². The molecule has 0 saturated carbocycles. The lowest BCUT2D eigenvalue weighted by Crippen LogP contribution is -2.41. The Morgan fingerprint density at radius 3 is 2.65 bits per heavy atom. The highest BCUT2D eigenvalue weighted by Gasteiger charge is 2.47. The molecule has 5 nitrogen and oxygen atoms in total. The van der Waals surface area contributed by atoms with Crippen LogP contribution < -0.4 is 9.47 Å². The Morgan fingerprint density at radius 1 is 1.04 bits per heavy atom. The second kappa shape index (κ2) is 6.16. The molecule has 0 amide bonds. The molecule has 136 valence electrons. The maximum Gasteiger partial charge on any atom is 0.361 e. The molecule has 0 aromatic heterocycles. The highest BCUT2D eigenvalue weighted by atomic mass is 32.2. The van der Waals surface area contributed by atoms with Crippen LogP contribution in [-0.2, 0) is 20.0 Å². The van der Waals surface area contributed by atoms with Gasteiger partial charge < -0.3 is 23.7 Å². The summed E-state index contributed by atoms with van der Waals surface area (Å²) in [7, 11) is 0. The third kappa shape index (κ3) is 2.44. The van der Waals surface area contributed by atoms with Gasteiger partial charge in [0.15, 0.2) is 11.5 Å². The van der Waals surface area contributed by atoms with Crippen molar-refractivity contribution in [2.45, 2.75) is 48.4 Å². The average molecular weight is 372 g/mol. The van der Waals surface area contributed by atoms with Crippen LogP contribution in [-0.4, -0.2) is 25.8 Å². The number of ether oxygens (including phenoxy) is 5. The van der Waals surface area contributed by atoms with Crippen LogP contribution in [0.25, 0.3) is 0 Å². The first-order chi connectivity index (χ1) is 12.7. The van der Waals surface area contributed by atoms with Crippen LogP contribution in [0.3, 0.4) is 0 Å². The molecule has 1 unspecified atom stereocenters. The quantitative estimate of drug-likeness (QED) is 0.785. The molecule has 0 N–H and O–H groups in total.